The minimum absolute atomic E-state index is 0.230. The molecule has 0 aliphatic rings. The van der Waals surface area contributed by atoms with E-state index in [9.17, 15) is 8.42 Å². The zero-order chi connectivity index (χ0) is 11.2. The first-order valence-electron chi connectivity index (χ1n) is 4.98. The monoisotopic (exact) mass is 285 g/mol. The molecule has 5 heteroatoms. The van der Waals surface area contributed by atoms with E-state index in [1.54, 1.807) is 0 Å². The molecule has 3 nitrogen and oxygen atoms in total. The summed E-state index contributed by atoms with van der Waals surface area (Å²) in [4.78, 5) is 0.233. The van der Waals surface area contributed by atoms with Gasteiger partial charge in [-0.3, -0.25) is 0 Å². The maximum absolute atomic E-state index is 11.4. The summed E-state index contributed by atoms with van der Waals surface area (Å²) in [5, 5.41) is 0. The van der Waals surface area contributed by atoms with Gasteiger partial charge >= 0.3 is 0 Å². The van der Waals surface area contributed by atoms with Gasteiger partial charge in [0.15, 0.2) is 0 Å². The lowest BCUT2D eigenvalue weighted by Gasteiger charge is -2.10. The van der Waals surface area contributed by atoms with Crippen LogP contribution in [0.2, 0.25) is 0 Å². The maximum Gasteiger partial charge on any atom is 0.211 e. The fourth-order valence-corrected chi connectivity index (χ4v) is 2.58. The van der Waals surface area contributed by atoms with Crippen molar-refractivity contribution in [2.45, 2.75) is 38.4 Å². The van der Waals surface area contributed by atoms with E-state index in [2.05, 4.69) is 20.7 Å². The predicted molar refractivity (Wildman–Crippen MR) is 64.3 cm³/mol. The lowest BCUT2D eigenvalue weighted by atomic mass is 10.2. The highest BCUT2D eigenvalue weighted by atomic mass is 79.9. The van der Waals surface area contributed by atoms with E-state index < -0.39 is 10.0 Å². The van der Waals surface area contributed by atoms with Crippen molar-refractivity contribution in [1.29, 1.82) is 0 Å². The predicted octanol–water partition coefficient (Wildman–Crippen LogP) is 2.13. The van der Waals surface area contributed by atoms with Gasteiger partial charge in [-0.15, -0.1) is 0 Å². The number of hydrogen-bond acceptors (Lipinski definition) is 2. The van der Waals surface area contributed by atoms with Crippen molar-refractivity contribution in [3.8, 4) is 0 Å². The Balaban J connectivity index is 3.84. The first-order chi connectivity index (χ1) is 6.37. The van der Waals surface area contributed by atoms with Gasteiger partial charge in [0.25, 0.3) is 0 Å². The lowest BCUT2D eigenvalue weighted by molar-refractivity contribution is 0.560. The molecule has 0 aliphatic heterocycles. The molecule has 1 unspecified atom stereocenters. The van der Waals surface area contributed by atoms with Crippen molar-refractivity contribution in [2.75, 3.05) is 12.3 Å². The Morgan fingerprint density at radius 3 is 2.36 bits per heavy atom. The summed E-state index contributed by atoms with van der Waals surface area (Å²) >= 11 is 3.38. The normalized spacial score (nSPS) is 14.6. The second-order valence-electron chi connectivity index (χ2n) is 3.86. The van der Waals surface area contributed by atoms with Crippen LogP contribution in [0.1, 0.15) is 33.6 Å². The third-order valence-corrected chi connectivity index (χ3v) is 4.28. The van der Waals surface area contributed by atoms with Crippen LogP contribution in [0.3, 0.4) is 0 Å². The standard InChI is InChI=1S/C9H20BrNO2S/c1-4-9(10)7-11-14(12,13)6-5-8(2)3/h8-9,11H,4-7H2,1-3H3. The summed E-state index contributed by atoms with van der Waals surface area (Å²) in [6.07, 6.45) is 1.64. The summed E-state index contributed by atoms with van der Waals surface area (Å²) < 4.78 is 25.4. The highest BCUT2D eigenvalue weighted by molar-refractivity contribution is 9.09. The molecule has 0 aromatic carbocycles. The molecule has 0 heterocycles. The quantitative estimate of drug-likeness (QED) is 0.729. The van der Waals surface area contributed by atoms with Crippen LogP contribution in [0, 0.1) is 5.92 Å². The molecule has 0 saturated heterocycles. The first-order valence-corrected chi connectivity index (χ1v) is 7.55. The Bertz CT molecular complexity index is 239. The summed E-state index contributed by atoms with van der Waals surface area (Å²) in [5.74, 6) is 0.659. The van der Waals surface area contributed by atoms with Crippen molar-refractivity contribution in [2.24, 2.45) is 5.92 Å². The van der Waals surface area contributed by atoms with Crippen molar-refractivity contribution in [1.82, 2.24) is 4.72 Å². The maximum atomic E-state index is 11.4. The van der Waals surface area contributed by atoms with E-state index in [1.807, 2.05) is 20.8 Å². The number of alkyl halides is 1. The molecule has 0 bridgehead atoms. The largest absolute Gasteiger partial charge is 0.214 e. The average molecular weight is 286 g/mol. The molecule has 0 saturated carbocycles. The van der Waals surface area contributed by atoms with E-state index in [4.69, 9.17) is 0 Å². The minimum Gasteiger partial charge on any atom is -0.214 e. The molecule has 0 aliphatic carbocycles. The zero-order valence-corrected chi connectivity index (χ0v) is 11.5. The molecule has 1 atom stereocenters. The van der Waals surface area contributed by atoms with E-state index >= 15 is 0 Å². The van der Waals surface area contributed by atoms with Crippen molar-refractivity contribution in [3.63, 3.8) is 0 Å². The lowest BCUT2D eigenvalue weighted by Crippen LogP contribution is -2.31. The van der Waals surface area contributed by atoms with Crippen LogP contribution >= 0.6 is 15.9 Å². The molecule has 0 aromatic rings. The van der Waals surface area contributed by atoms with E-state index in [-0.39, 0.29) is 10.6 Å². The molecule has 0 radical (unpaired) electrons. The number of hydrogen-bond donors (Lipinski definition) is 1. The van der Waals surface area contributed by atoms with Gasteiger partial charge in [0.05, 0.1) is 5.75 Å². The Kier molecular flexibility index (Phi) is 6.99. The van der Waals surface area contributed by atoms with E-state index in [1.165, 1.54) is 0 Å². The number of halogens is 1. The highest BCUT2D eigenvalue weighted by Gasteiger charge is 2.12. The van der Waals surface area contributed by atoms with Gasteiger partial charge in [-0.2, -0.15) is 0 Å². The van der Waals surface area contributed by atoms with Gasteiger partial charge < -0.3 is 0 Å². The zero-order valence-electron chi connectivity index (χ0n) is 9.09. The van der Waals surface area contributed by atoms with E-state index in [0.29, 0.717) is 18.9 Å². The molecule has 0 rings (SSSR count). The Morgan fingerprint density at radius 2 is 1.93 bits per heavy atom. The van der Waals surface area contributed by atoms with Gasteiger partial charge in [-0.25, -0.2) is 13.1 Å². The van der Waals surface area contributed by atoms with Gasteiger partial charge in [-0.1, -0.05) is 36.7 Å². The fourth-order valence-electron chi connectivity index (χ4n) is 0.825. The molecule has 0 fully saturated rings. The molecule has 86 valence electrons. The average Bonchev–Trinajstić information content (AvgIpc) is 2.11. The minimum atomic E-state index is -3.06. The highest BCUT2D eigenvalue weighted by Crippen LogP contribution is 2.05. The van der Waals surface area contributed by atoms with Gasteiger partial charge in [0.1, 0.15) is 0 Å². The Labute approximate surface area is 95.8 Å². The van der Waals surface area contributed by atoms with Crippen LogP contribution in [-0.4, -0.2) is 25.5 Å². The van der Waals surface area contributed by atoms with Crippen molar-refractivity contribution in [3.05, 3.63) is 0 Å². The SMILES string of the molecule is CCC(Br)CNS(=O)(=O)CCC(C)C. The molecule has 14 heavy (non-hydrogen) atoms. The molecular weight excluding hydrogens is 266 g/mol. The first kappa shape index (κ1) is 14.4. The third-order valence-electron chi connectivity index (χ3n) is 1.93. The van der Waals surface area contributed by atoms with E-state index in [0.717, 1.165) is 6.42 Å². The van der Waals surface area contributed by atoms with Crippen LogP contribution in [0.25, 0.3) is 0 Å². The molecule has 0 aromatic heterocycles. The topological polar surface area (TPSA) is 46.2 Å². The van der Waals surface area contributed by atoms with Gasteiger partial charge in [-0.05, 0) is 18.8 Å². The third kappa shape index (κ3) is 7.76. The van der Waals surface area contributed by atoms with Crippen LogP contribution < -0.4 is 4.72 Å². The second-order valence-corrected chi connectivity index (χ2v) is 7.08. The number of rotatable bonds is 7. The molecule has 0 amide bonds. The molecular formula is C9H20BrNO2S. The van der Waals surface area contributed by atoms with Crippen LogP contribution in [-0.2, 0) is 10.0 Å². The summed E-state index contributed by atoms with van der Waals surface area (Å²) in [5.41, 5.74) is 0. The fraction of sp³-hybridized carbons (Fsp3) is 1.00. The van der Waals surface area contributed by atoms with Crippen LogP contribution in [0.4, 0.5) is 0 Å². The summed E-state index contributed by atoms with van der Waals surface area (Å²) in [6, 6.07) is 0. The van der Waals surface area contributed by atoms with Crippen LogP contribution in [0.15, 0.2) is 0 Å². The smallest absolute Gasteiger partial charge is 0.211 e. The van der Waals surface area contributed by atoms with Gasteiger partial charge in [0, 0.05) is 11.4 Å². The summed E-state index contributed by atoms with van der Waals surface area (Å²) in [7, 11) is -3.06. The van der Waals surface area contributed by atoms with Gasteiger partial charge in [0.2, 0.25) is 10.0 Å². The number of sulfonamides is 1. The number of nitrogens with one attached hydrogen (secondary N) is 1. The molecule has 1 N–H and O–H groups in total. The Morgan fingerprint density at radius 1 is 1.36 bits per heavy atom. The van der Waals surface area contributed by atoms with Crippen molar-refractivity contribution >= 4 is 26.0 Å². The second kappa shape index (κ2) is 6.80. The molecule has 0 spiro atoms. The Hall–Kier alpha value is 0.390. The summed E-state index contributed by atoms with van der Waals surface area (Å²) in [6.45, 7) is 6.54. The van der Waals surface area contributed by atoms with Crippen LogP contribution in [0.5, 0.6) is 0 Å². The van der Waals surface area contributed by atoms with Crippen molar-refractivity contribution < 1.29 is 8.42 Å².